The van der Waals surface area contributed by atoms with Gasteiger partial charge in [0.05, 0.1) is 21.7 Å². The van der Waals surface area contributed by atoms with E-state index in [1.165, 1.54) is 28.8 Å². The molecule has 0 saturated heterocycles. The minimum absolute atomic E-state index is 0.0213. The van der Waals surface area contributed by atoms with Gasteiger partial charge in [0, 0.05) is 12.1 Å². The second-order valence-electron chi connectivity index (χ2n) is 5.21. The second kappa shape index (κ2) is 7.84. The largest absolute Gasteiger partial charge is 0.465 e. The van der Waals surface area contributed by atoms with E-state index in [-0.39, 0.29) is 29.4 Å². The molecule has 2 heterocycles. The number of non-ortho nitro benzene ring substituents is 1. The summed E-state index contributed by atoms with van der Waals surface area (Å²) in [5, 5.41) is 11.0. The summed E-state index contributed by atoms with van der Waals surface area (Å²) >= 11 is 4.17. The van der Waals surface area contributed by atoms with Gasteiger partial charge in [0.25, 0.3) is 5.69 Å². The van der Waals surface area contributed by atoms with Crippen molar-refractivity contribution in [3.05, 3.63) is 55.7 Å². The number of carbonyl (C=O) groups is 2. The third kappa shape index (κ3) is 4.14. The van der Waals surface area contributed by atoms with Crippen LogP contribution in [0.15, 0.2) is 44.4 Å². The molecule has 2 aromatic heterocycles. The molecule has 9 nitrogen and oxygen atoms in total. The summed E-state index contributed by atoms with van der Waals surface area (Å²) in [6.07, 6.45) is 0. The fourth-order valence-corrected chi connectivity index (χ4v) is 3.69. The summed E-state index contributed by atoms with van der Waals surface area (Å²) in [7, 11) is 0. The molecule has 1 amide bonds. The first-order chi connectivity index (χ1) is 12.9. The number of hydrogen-bond acceptors (Lipinski definition) is 7. The number of nitro benzene ring substituents is 1. The molecule has 0 fully saturated rings. The first-order valence-corrected chi connectivity index (χ1v) is 9.27. The third-order valence-electron chi connectivity index (χ3n) is 3.45. The number of nitro groups is 1. The summed E-state index contributed by atoms with van der Waals surface area (Å²) in [6, 6.07) is 7.23. The number of fused-ring (bicyclic) bond motifs is 1. The van der Waals surface area contributed by atoms with Crippen molar-refractivity contribution in [1.29, 1.82) is 0 Å². The molecule has 11 heteroatoms. The monoisotopic (exact) mass is 453 g/mol. The number of nitrogens with zero attached hydrogens (tertiary/aromatic N) is 3. The zero-order chi connectivity index (χ0) is 19.6. The molecular weight excluding hydrogens is 442 g/mol. The number of aromatic nitrogens is 1. The highest BCUT2D eigenvalue weighted by atomic mass is 79.9. The Morgan fingerprint density at radius 2 is 2.15 bits per heavy atom. The van der Waals surface area contributed by atoms with Gasteiger partial charge >= 0.3 is 11.9 Å². The predicted molar refractivity (Wildman–Crippen MR) is 99.4 cm³/mol. The number of hydrogen-bond donors (Lipinski definition) is 0. The number of carbonyl (C=O) groups excluding carboxylic acids is 2. The average Bonchev–Trinajstić information content (AvgIpc) is 3.19. The van der Waals surface area contributed by atoms with Crippen molar-refractivity contribution in [1.82, 2.24) is 4.57 Å². The van der Waals surface area contributed by atoms with Crippen LogP contribution < -0.4 is 4.80 Å². The van der Waals surface area contributed by atoms with Crippen molar-refractivity contribution in [2.45, 2.75) is 13.5 Å². The van der Waals surface area contributed by atoms with Crippen LogP contribution in [0.25, 0.3) is 10.2 Å². The minimum Gasteiger partial charge on any atom is -0.465 e. The van der Waals surface area contributed by atoms with Gasteiger partial charge in [-0.25, -0.2) is 0 Å². The quantitative estimate of drug-likeness (QED) is 0.332. The van der Waals surface area contributed by atoms with Crippen LogP contribution >= 0.6 is 27.3 Å². The predicted octanol–water partition coefficient (Wildman–Crippen LogP) is 3.27. The van der Waals surface area contributed by atoms with Gasteiger partial charge in [0.2, 0.25) is 0 Å². The van der Waals surface area contributed by atoms with Crippen LogP contribution in [-0.4, -0.2) is 28.0 Å². The summed E-state index contributed by atoms with van der Waals surface area (Å²) in [6.45, 7) is 1.71. The maximum Gasteiger partial charge on any atom is 0.326 e. The number of halogens is 1. The van der Waals surface area contributed by atoms with E-state index in [0.29, 0.717) is 14.9 Å². The lowest BCUT2D eigenvalue weighted by molar-refractivity contribution is -0.384. The molecule has 1 aromatic carbocycles. The molecule has 0 aliphatic rings. The number of ether oxygens (including phenoxy) is 1. The Balaban J connectivity index is 2.13. The van der Waals surface area contributed by atoms with E-state index in [4.69, 9.17) is 9.15 Å². The first-order valence-electron chi connectivity index (χ1n) is 7.67. The standard InChI is InChI=1S/C16H12BrN3O6S/c1-2-25-14(21)8-19-10-4-3-9(20(23)24)7-12(10)27-16(19)18-15(22)11-5-6-13(17)26-11/h3-7H,2,8H2,1H3. The van der Waals surface area contributed by atoms with Crippen molar-refractivity contribution >= 4 is 55.0 Å². The number of benzene rings is 1. The fraction of sp³-hybridized carbons (Fsp3) is 0.188. The number of furan rings is 1. The van der Waals surface area contributed by atoms with Gasteiger partial charge in [-0.1, -0.05) is 11.3 Å². The molecule has 0 aliphatic carbocycles. The Labute approximate surface area is 164 Å². The molecule has 0 radical (unpaired) electrons. The Morgan fingerprint density at radius 3 is 2.78 bits per heavy atom. The lowest BCUT2D eigenvalue weighted by atomic mass is 10.3. The molecule has 0 unspecified atom stereocenters. The zero-order valence-electron chi connectivity index (χ0n) is 13.9. The van der Waals surface area contributed by atoms with Crippen molar-refractivity contribution < 1.29 is 23.7 Å². The van der Waals surface area contributed by atoms with Gasteiger partial charge in [-0.05, 0) is 41.1 Å². The van der Waals surface area contributed by atoms with Crippen LogP contribution in [-0.2, 0) is 16.1 Å². The van der Waals surface area contributed by atoms with E-state index in [9.17, 15) is 19.7 Å². The van der Waals surface area contributed by atoms with E-state index < -0.39 is 16.8 Å². The highest BCUT2D eigenvalue weighted by Gasteiger charge is 2.16. The van der Waals surface area contributed by atoms with Gasteiger partial charge < -0.3 is 13.7 Å². The Bertz CT molecular complexity index is 1110. The van der Waals surface area contributed by atoms with Crippen LogP contribution in [0.4, 0.5) is 5.69 Å². The van der Waals surface area contributed by atoms with Crippen LogP contribution in [0.5, 0.6) is 0 Å². The average molecular weight is 454 g/mol. The zero-order valence-corrected chi connectivity index (χ0v) is 16.3. The van der Waals surface area contributed by atoms with Crippen molar-refractivity contribution in [2.24, 2.45) is 4.99 Å². The summed E-state index contributed by atoms with van der Waals surface area (Å²) in [4.78, 5) is 39.0. The Hall–Kier alpha value is -2.79. The highest BCUT2D eigenvalue weighted by molar-refractivity contribution is 9.10. The van der Waals surface area contributed by atoms with Crippen LogP contribution in [0, 0.1) is 10.1 Å². The summed E-state index contributed by atoms with van der Waals surface area (Å²) in [5.74, 6) is -1.13. The highest BCUT2D eigenvalue weighted by Crippen LogP contribution is 2.23. The molecule has 140 valence electrons. The lowest BCUT2D eigenvalue weighted by Crippen LogP contribution is -2.23. The minimum atomic E-state index is -0.639. The molecule has 0 saturated carbocycles. The molecule has 0 aliphatic heterocycles. The number of esters is 1. The molecule has 3 rings (SSSR count). The normalized spacial score (nSPS) is 11.7. The maximum absolute atomic E-state index is 12.3. The number of rotatable bonds is 5. The summed E-state index contributed by atoms with van der Waals surface area (Å²) in [5.41, 5.74) is 0.436. The van der Waals surface area contributed by atoms with Gasteiger partial charge in [0.1, 0.15) is 6.54 Å². The molecule has 27 heavy (non-hydrogen) atoms. The molecule has 0 atom stereocenters. The van der Waals surface area contributed by atoms with E-state index in [1.807, 2.05) is 0 Å². The molecular formula is C16H12BrN3O6S. The van der Waals surface area contributed by atoms with E-state index in [2.05, 4.69) is 20.9 Å². The lowest BCUT2D eigenvalue weighted by Gasteiger charge is -2.04. The molecule has 0 bridgehead atoms. The summed E-state index contributed by atoms with van der Waals surface area (Å²) < 4.78 is 12.5. The fourth-order valence-electron chi connectivity index (χ4n) is 2.32. The van der Waals surface area contributed by atoms with Crippen molar-refractivity contribution in [3.63, 3.8) is 0 Å². The third-order valence-corrected chi connectivity index (χ3v) is 4.92. The van der Waals surface area contributed by atoms with Gasteiger partial charge in [-0.3, -0.25) is 19.7 Å². The van der Waals surface area contributed by atoms with Gasteiger partial charge in [-0.2, -0.15) is 4.99 Å². The van der Waals surface area contributed by atoms with Crippen LogP contribution in [0.1, 0.15) is 17.5 Å². The Kier molecular flexibility index (Phi) is 5.51. The van der Waals surface area contributed by atoms with Gasteiger partial charge in [0.15, 0.2) is 15.2 Å². The molecule has 0 N–H and O–H groups in total. The van der Waals surface area contributed by atoms with Crippen molar-refractivity contribution in [3.8, 4) is 0 Å². The van der Waals surface area contributed by atoms with Gasteiger partial charge in [-0.15, -0.1) is 0 Å². The first kappa shape index (κ1) is 19.0. The number of thiazole rings is 1. The van der Waals surface area contributed by atoms with Crippen molar-refractivity contribution in [2.75, 3.05) is 6.61 Å². The second-order valence-corrected chi connectivity index (χ2v) is 7.00. The van der Waals surface area contributed by atoms with E-state index in [1.54, 1.807) is 13.0 Å². The SMILES string of the molecule is CCOC(=O)Cn1c(=NC(=O)c2ccc(Br)o2)sc2cc([N+](=O)[O-])ccc21. The molecule has 3 aromatic rings. The Morgan fingerprint density at radius 1 is 1.37 bits per heavy atom. The van der Waals surface area contributed by atoms with Crippen LogP contribution in [0.3, 0.4) is 0 Å². The maximum atomic E-state index is 12.3. The molecule has 0 spiro atoms. The van der Waals surface area contributed by atoms with E-state index in [0.717, 1.165) is 11.3 Å². The topological polar surface area (TPSA) is 117 Å². The smallest absolute Gasteiger partial charge is 0.326 e. The van der Waals surface area contributed by atoms with Crippen LogP contribution in [0.2, 0.25) is 0 Å². The van der Waals surface area contributed by atoms with E-state index >= 15 is 0 Å². The number of amides is 1.